The van der Waals surface area contributed by atoms with Crippen LogP contribution in [-0.4, -0.2) is 29.6 Å². The van der Waals surface area contributed by atoms with Crippen molar-refractivity contribution in [3.05, 3.63) is 36.0 Å². The smallest absolute Gasteiger partial charge is 0.222 e. The normalized spacial score (nSPS) is 10.8. The molecule has 0 spiro atoms. The van der Waals surface area contributed by atoms with Crippen molar-refractivity contribution >= 4 is 5.91 Å². The second kappa shape index (κ2) is 7.81. The number of ether oxygens (including phenoxy) is 1. The molecule has 2 aromatic rings. The standard InChI is InChI=1S/C18H24N2O3/c1-5-18(21)20(11-13(2)3)12-15-10-17(23-19-15)14-7-6-8-16(9-14)22-4/h6-10,13H,5,11-12H2,1-4H3. The van der Waals surface area contributed by atoms with Gasteiger partial charge in [0.25, 0.3) is 0 Å². The van der Waals surface area contributed by atoms with E-state index >= 15 is 0 Å². The van der Waals surface area contributed by atoms with Gasteiger partial charge in [0.1, 0.15) is 11.4 Å². The number of hydrogen-bond donors (Lipinski definition) is 0. The molecule has 5 nitrogen and oxygen atoms in total. The van der Waals surface area contributed by atoms with Crippen LogP contribution in [0.15, 0.2) is 34.9 Å². The first-order valence-electron chi connectivity index (χ1n) is 7.91. The topological polar surface area (TPSA) is 55.6 Å². The average molecular weight is 316 g/mol. The molecule has 124 valence electrons. The van der Waals surface area contributed by atoms with Crippen LogP contribution in [0.5, 0.6) is 5.75 Å². The van der Waals surface area contributed by atoms with Gasteiger partial charge in [0, 0.05) is 24.6 Å². The third kappa shape index (κ3) is 4.58. The lowest BCUT2D eigenvalue weighted by Crippen LogP contribution is -2.33. The van der Waals surface area contributed by atoms with E-state index in [1.807, 2.05) is 42.2 Å². The Kier molecular flexibility index (Phi) is 5.79. The molecule has 1 heterocycles. The van der Waals surface area contributed by atoms with Crippen molar-refractivity contribution in [3.8, 4) is 17.1 Å². The Morgan fingerprint density at radius 3 is 2.78 bits per heavy atom. The van der Waals surface area contributed by atoms with Crippen LogP contribution in [-0.2, 0) is 11.3 Å². The highest BCUT2D eigenvalue weighted by Gasteiger charge is 2.16. The molecule has 0 unspecified atom stereocenters. The summed E-state index contributed by atoms with van der Waals surface area (Å²) in [6.07, 6.45) is 0.493. The average Bonchev–Trinajstić information content (AvgIpc) is 3.01. The van der Waals surface area contributed by atoms with E-state index in [0.29, 0.717) is 31.2 Å². The van der Waals surface area contributed by atoms with Crippen molar-refractivity contribution in [2.45, 2.75) is 33.7 Å². The quantitative estimate of drug-likeness (QED) is 0.780. The molecule has 0 saturated heterocycles. The van der Waals surface area contributed by atoms with Crippen LogP contribution in [0.25, 0.3) is 11.3 Å². The number of amides is 1. The van der Waals surface area contributed by atoms with Gasteiger partial charge in [-0.3, -0.25) is 4.79 Å². The van der Waals surface area contributed by atoms with E-state index in [-0.39, 0.29) is 5.91 Å². The summed E-state index contributed by atoms with van der Waals surface area (Å²) in [4.78, 5) is 13.9. The predicted molar refractivity (Wildman–Crippen MR) is 89.0 cm³/mol. The number of hydrogen-bond acceptors (Lipinski definition) is 4. The molecule has 0 aliphatic heterocycles. The Bertz CT molecular complexity index is 649. The fourth-order valence-corrected chi connectivity index (χ4v) is 2.41. The van der Waals surface area contributed by atoms with Crippen molar-refractivity contribution < 1.29 is 14.1 Å². The number of rotatable bonds is 7. The Morgan fingerprint density at radius 1 is 1.35 bits per heavy atom. The maximum atomic E-state index is 12.1. The molecule has 0 fully saturated rings. The second-order valence-electron chi connectivity index (χ2n) is 5.94. The van der Waals surface area contributed by atoms with Gasteiger partial charge < -0.3 is 14.2 Å². The van der Waals surface area contributed by atoms with E-state index < -0.39 is 0 Å². The first-order valence-corrected chi connectivity index (χ1v) is 7.91. The van der Waals surface area contributed by atoms with Crippen LogP contribution in [0.1, 0.15) is 32.9 Å². The summed E-state index contributed by atoms with van der Waals surface area (Å²) < 4.78 is 10.6. The van der Waals surface area contributed by atoms with E-state index in [1.54, 1.807) is 7.11 Å². The second-order valence-corrected chi connectivity index (χ2v) is 5.94. The highest BCUT2D eigenvalue weighted by molar-refractivity contribution is 5.75. The first kappa shape index (κ1) is 17.1. The van der Waals surface area contributed by atoms with Gasteiger partial charge in [-0.1, -0.05) is 38.1 Å². The minimum atomic E-state index is 0.129. The van der Waals surface area contributed by atoms with Gasteiger partial charge in [-0.2, -0.15) is 0 Å². The molecule has 1 amide bonds. The molecule has 1 aromatic carbocycles. The van der Waals surface area contributed by atoms with E-state index in [4.69, 9.17) is 9.26 Å². The summed E-state index contributed by atoms with van der Waals surface area (Å²) in [5.41, 5.74) is 1.66. The van der Waals surface area contributed by atoms with Crippen molar-refractivity contribution in [2.24, 2.45) is 5.92 Å². The minimum absolute atomic E-state index is 0.129. The maximum Gasteiger partial charge on any atom is 0.222 e. The highest BCUT2D eigenvalue weighted by atomic mass is 16.5. The molecule has 23 heavy (non-hydrogen) atoms. The molecule has 0 atom stereocenters. The number of aromatic nitrogens is 1. The van der Waals surface area contributed by atoms with Gasteiger partial charge in [-0.25, -0.2) is 0 Å². The van der Waals surface area contributed by atoms with Crippen molar-refractivity contribution in [1.82, 2.24) is 10.1 Å². The van der Waals surface area contributed by atoms with Crippen molar-refractivity contribution in [2.75, 3.05) is 13.7 Å². The fourth-order valence-electron chi connectivity index (χ4n) is 2.41. The molecule has 0 N–H and O–H groups in total. The molecule has 0 saturated carbocycles. The molecule has 0 aliphatic rings. The third-order valence-corrected chi connectivity index (χ3v) is 3.51. The van der Waals surface area contributed by atoms with Crippen LogP contribution in [0, 0.1) is 5.92 Å². The number of benzene rings is 1. The number of methoxy groups -OCH3 is 1. The Balaban J connectivity index is 2.15. The first-order chi connectivity index (χ1) is 11.0. The Morgan fingerprint density at radius 2 is 2.13 bits per heavy atom. The summed E-state index contributed by atoms with van der Waals surface area (Å²) in [7, 11) is 1.63. The van der Waals surface area contributed by atoms with Gasteiger partial charge in [-0.05, 0) is 18.1 Å². The molecule has 2 rings (SSSR count). The number of nitrogens with zero attached hydrogens (tertiary/aromatic N) is 2. The molecular formula is C18H24N2O3. The van der Waals surface area contributed by atoms with Crippen molar-refractivity contribution in [1.29, 1.82) is 0 Å². The van der Waals surface area contributed by atoms with Crippen LogP contribution in [0.2, 0.25) is 0 Å². The van der Waals surface area contributed by atoms with Gasteiger partial charge in [0.05, 0.1) is 13.7 Å². The molecule has 5 heteroatoms. The lowest BCUT2D eigenvalue weighted by atomic mass is 10.1. The Hall–Kier alpha value is -2.30. The third-order valence-electron chi connectivity index (χ3n) is 3.51. The predicted octanol–water partition coefficient (Wildman–Crippen LogP) is 3.74. The minimum Gasteiger partial charge on any atom is -0.497 e. The largest absolute Gasteiger partial charge is 0.497 e. The van der Waals surface area contributed by atoms with Gasteiger partial charge in [0.2, 0.25) is 5.91 Å². The summed E-state index contributed by atoms with van der Waals surface area (Å²) in [5.74, 6) is 1.98. The van der Waals surface area contributed by atoms with Gasteiger partial charge >= 0.3 is 0 Å². The summed E-state index contributed by atoms with van der Waals surface area (Å²) in [5, 5.41) is 4.10. The van der Waals surface area contributed by atoms with Crippen molar-refractivity contribution in [3.63, 3.8) is 0 Å². The van der Waals surface area contributed by atoms with E-state index in [9.17, 15) is 4.79 Å². The molecule has 0 radical (unpaired) electrons. The lowest BCUT2D eigenvalue weighted by Gasteiger charge is -2.22. The lowest BCUT2D eigenvalue weighted by molar-refractivity contribution is -0.132. The zero-order chi connectivity index (χ0) is 16.8. The fraction of sp³-hybridized carbons (Fsp3) is 0.444. The number of carbonyl (C=O) groups excluding carboxylic acids is 1. The van der Waals surface area contributed by atoms with Crippen LogP contribution in [0.4, 0.5) is 0 Å². The summed E-state index contributed by atoms with van der Waals surface area (Å²) >= 11 is 0. The van der Waals surface area contributed by atoms with E-state index in [0.717, 1.165) is 17.0 Å². The van der Waals surface area contributed by atoms with Crippen LogP contribution >= 0.6 is 0 Å². The summed E-state index contributed by atoms with van der Waals surface area (Å²) in [6, 6.07) is 9.50. The Labute approximate surface area is 137 Å². The van der Waals surface area contributed by atoms with E-state index in [1.165, 1.54) is 0 Å². The summed E-state index contributed by atoms with van der Waals surface area (Å²) in [6.45, 7) is 7.26. The maximum absolute atomic E-state index is 12.1. The number of carbonyl (C=O) groups is 1. The van der Waals surface area contributed by atoms with Gasteiger partial charge in [0.15, 0.2) is 5.76 Å². The van der Waals surface area contributed by atoms with Crippen LogP contribution < -0.4 is 4.74 Å². The molecule has 1 aromatic heterocycles. The highest BCUT2D eigenvalue weighted by Crippen LogP contribution is 2.25. The zero-order valence-electron chi connectivity index (χ0n) is 14.2. The zero-order valence-corrected chi connectivity index (χ0v) is 14.2. The molecule has 0 aliphatic carbocycles. The SMILES string of the molecule is CCC(=O)N(Cc1cc(-c2cccc(OC)c2)on1)CC(C)C. The monoisotopic (exact) mass is 316 g/mol. The van der Waals surface area contributed by atoms with Crippen LogP contribution in [0.3, 0.4) is 0 Å². The molecular weight excluding hydrogens is 292 g/mol. The molecule has 0 bridgehead atoms. The van der Waals surface area contributed by atoms with E-state index in [2.05, 4.69) is 19.0 Å². The van der Waals surface area contributed by atoms with Gasteiger partial charge in [-0.15, -0.1) is 0 Å².